The number of hydrogen-bond donors (Lipinski definition) is 0. The second kappa shape index (κ2) is 8.47. The molecule has 158 valence electrons. The van der Waals surface area contributed by atoms with E-state index in [9.17, 15) is 18.0 Å². The van der Waals surface area contributed by atoms with E-state index in [1.807, 2.05) is 17.5 Å². The van der Waals surface area contributed by atoms with Gasteiger partial charge >= 0.3 is 12.1 Å². The van der Waals surface area contributed by atoms with Gasteiger partial charge in [-0.25, -0.2) is 4.98 Å². The van der Waals surface area contributed by atoms with Crippen LogP contribution in [0.4, 0.5) is 19.0 Å². The predicted octanol–water partition coefficient (Wildman–Crippen LogP) is 4.78. The average Bonchev–Trinajstić information content (AvgIpc) is 3.43. The van der Waals surface area contributed by atoms with Crippen molar-refractivity contribution in [2.45, 2.75) is 25.6 Å². The van der Waals surface area contributed by atoms with Gasteiger partial charge in [-0.1, -0.05) is 11.2 Å². The Morgan fingerprint density at radius 1 is 1.33 bits per heavy atom. The number of piperidine rings is 1. The maximum Gasteiger partial charge on any atom is 0.419 e. The molecule has 10 heteroatoms. The largest absolute Gasteiger partial charge is 0.459 e. The quantitative estimate of drug-likeness (QED) is 0.536. The van der Waals surface area contributed by atoms with E-state index < -0.39 is 23.6 Å². The highest BCUT2D eigenvalue weighted by atomic mass is 32.1. The number of aromatic nitrogens is 2. The molecule has 1 aliphatic rings. The molecule has 1 aliphatic heterocycles. The van der Waals surface area contributed by atoms with Gasteiger partial charge in [0.1, 0.15) is 18.1 Å². The summed E-state index contributed by atoms with van der Waals surface area (Å²) >= 11 is 1.50. The van der Waals surface area contributed by atoms with Gasteiger partial charge in [0, 0.05) is 25.4 Å². The normalized spacial score (nSPS) is 17.2. The van der Waals surface area contributed by atoms with Crippen molar-refractivity contribution in [2.75, 3.05) is 18.0 Å². The van der Waals surface area contributed by atoms with Gasteiger partial charge in [-0.2, -0.15) is 13.2 Å². The minimum Gasteiger partial charge on any atom is -0.459 e. The van der Waals surface area contributed by atoms with Crippen LogP contribution in [0.25, 0.3) is 10.6 Å². The Balaban J connectivity index is 1.39. The first-order valence-corrected chi connectivity index (χ1v) is 10.2. The van der Waals surface area contributed by atoms with E-state index in [0.29, 0.717) is 30.8 Å². The van der Waals surface area contributed by atoms with Crippen LogP contribution >= 0.6 is 11.3 Å². The van der Waals surface area contributed by atoms with Crippen LogP contribution in [-0.4, -0.2) is 29.2 Å². The van der Waals surface area contributed by atoms with Crippen molar-refractivity contribution < 1.29 is 27.2 Å². The number of hydrogen-bond acceptors (Lipinski definition) is 7. The number of alkyl halides is 3. The third kappa shape index (κ3) is 4.48. The minimum atomic E-state index is -4.51. The molecule has 1 unspecified atom stereocenters. The van der Waals surface area contributed by atoms with Crippen molar-refractivity contribution in [3.05, 3.63) is 53.2 Å². The molecule has 3 aromatic heterocycles. The summed E-state index contributed by atoms with van der Waals surface area (Å²) in [7, 11) is 0. The molecule has 1 fully saturated rings. The monoisotopic (exact) mass is 437 g/mol. The summed E-state index contributed by atoms with van der Waals surface area (Å²) in [5.41, 5.74) is -0.328. The zero-order chi connectivity index (χ0) is 21.1. The van der Waals surface area contributed by atoms with Crippen molar-refractivity contribution in [3.63, 3.8) is 0 Å². The van der Waals surface area contributed by atoms with Crippen molar-refractivity contribution in [1.29, 1.82) is 0 Å². The highest BCUT2D eigenvalue weighted by Crippen LogP contribution is 2.36. The van der Waals surface area contributed by atoms with Gasteiger partial charge in [0.25, 0.3) is 0 Å². The van der Waals surface area contributed by atoms with E-state index in [4.69, 9.17) is 9.26 Å². The van der Waals surface area contributed by atoms with Crippen LogP contribution in [-0.2, 0) is 22.3 Å². The number of rotatable bonds is 5. The summed E-state index contributed by atoms with van der Waals surface area (Å²) in [6.07, 6.45) is -2.07. The van der Waals surface area contributed by atoms with E-state index in [2.05, 4.69) is 10.1 Å². The lowest BCUT2D eigenvalue weighted by Crippen LogP contribution is -2.40. The second-order valence-electron chi connectivity index (χ2n) is 6.93. The highest BCUT2D eigenvalue weighted by molar-refractivity contribution is 7.13. The van der Waals surface area contributed by atoms with E-state index in [-0.39, 0.29) is 19.0 Å². The molecule has 0 radical (unpaired) electrons. The first kappa shape index (κ1) is 20.4. The Morgan fingerprint density at radius 2 is 2.20 bits per heavy atom. The summed E-state index contributed by atoms with van der Waals surface area (Å²) in [5.74, 6) is -0.565. The van der Waals surface area contributed by atoms with Crippen LogP contribution < -0.4 is 4.90 Å². The summed E-state index contributed by atoms with van der Waals surface area (Å²) in [5, 5.41) is 5.81. The van der Waals surface area contributed by atoms with Gasteiger partial charge in [0.05, 0.1) is 16.4 Å². The topological polar surface area (TPSA) is 68.5 Å². The van der Waals surface area contributed by atoms with E-state index in [1.165, 1.54) is 28.5 Å². The number of pyridine rings is 1. The van der Waals surface area contributed by atoms with Gasteiger partial charge in [-0.3, -0.25) is 4.79 Å². The molecule has 0 spiro atoms. The molecule has 4 rings (SSSR count). The van der Waals surface area contributed by atoms with Gasteiger partial charge in [0.2, 0.25) is 0 Å². The molecule has 30 heavy (non-hydrogen) atoms. The smallest absolute Gasteiger partial charge is 0.419 e. The van der Waals surface area contributed by atoms with Crippen LogP contribution in [0.3, 0.4) is 0 Å². The van der Waals surface area contributed by atoms with Crippen LogP contribution in [0, 0.1) is 5.92 Å². The van der Waals surface area contributed by atoms with Gasteiger partial charge in [-0.15, -0.1) is 11.3 Å². The molecule has 6 nitrogen and oxygen atoms in total. The molecule has 1 atom stereocenters. The number of ether oxygens (including phenoxy) is 1. The molecule has 4 heterocycles. The Bertz CT molecular complexity index is 1000. The Kier molecular flexibility index (Phi) is 5.76. The maximum atomic E-state index is 13.3. The number of thiophene rings is 1. The number of carbonyl (C=O) groups is 1. The predicted molar refractivity (Wildman–Crippen MR) is 104 cm³/mol. The number of carbonyl (C=O) groups excluding carboxylic acids is 1. The number of anilines is 1. The van der Waals surface area contributed by atoms with Crippen molar-refractivity contribution in [1.82, 2.24) is 10.1 Å². The Hall–Kier alpha value is -2.88. The van der Waals surface area contributed by atoms with Crippen LogP contribution in [0.2, 0.25) is 0 Å². The number of nitrogens with zero attached hydrogens (tertiary/aromatic N) is 3. The van der Waals surface area contributed by atoms with E-state index in [0.717, 1.165) is 10.9 Å². The fourth-order valence-corrected chi connectivity index (χ4v) is 4.08. The third-order valence-corrected chi connectivity index (χ3v) is 5.72. The number of esters is 1. The van der Waals surface area contributed by atoms with Gasteiger partial charge in [0.15, 0.2) is 5.76 Å². The summed E-state index contributed by atoms with van der Waals surface area (Å²) in [6, 6.07) is 7.74. The highest BCUT2D eigenvalue weighted by Gasteiger charge is 2.37. The lowest BCUT2D eigenvalue weighted by Gasteiger charge is -2.33. The van der Waals surface area contributed by atoms with Gasteiger partial charge < -0.3 is 14.2 Å². The zero-order valence-corrected chi connectivity index (χ0v) is 16.6. The Labute approximate surface area is 174 Å². The van der Waals surface area contributed by atoms with E-state index >= 15 is 0 Å². The molecular weight excluding hydrogens is 419 g/mol. The molecule has 0 N–H and O–H groups in total. The molecule has 0 amide bonds. The molecule has 1 saturated heterocycles. The molecular formula is C20H18F3N3O3S. The van der Waals surface area contributed by atoms with Crippen LogP contribution in [0.1, 0.15) is 24.1 Å². The maximum absolute atomic E-state index is 13.3. The SMILES string of the molecule is O=C(OCc1cc(-c2cccs2)on1)C1CCCN(c2ncccc2C(F)(F)F)C1. The van der Waals surface area contributed by atoms with Crippen LogP contribution in [0.15, 0.2) is 46.4 Å². The third-order valence-electron chi connectivity index (χ3n) is 4.83. The van der Waals surface area contributed by atoms with Crippen molar-refractivity contribution in [2.24, 2.45) is 5.92 Å². The lowest BCUT2D eigenvalue weighted by molar-refractivity contribution is -0.150. The molecule has 0 bridgehead atoms. The average molecular weight is 437 g/mol. The fourth-order valence-electron chi connectivity index (χ4n) is 3.41. The first-order chi connectivity index (χ1) is 14.4. The van der Waals surface area contributed by atoms with E-state index in [1.54, 1.807) is 6.07 Å². The van der Waals surface area contributed by atoms with Gasteiger partial charge in [-0.05, 0) is 36.4 Å². The molecule has 0 saturated carbocycles. The lowest BCUT2D eigenvalue weighted by atomic mass is 9.97. The molecule has 0 aromatic carbocycles. The second-order valence-corrected chi connectivity index (χ2v) is 7.87. The standard InChI is InChI=1S/C20H18F3N3O3S/c21-20(22,23)15-5-1-7-24-18(15)26-8-2-4-13(11-26)19(27)28-12-14-10-16(29-25-14)17-6-3-9-30-17/h1,3,5-7,9-10,13H,2,4,8,11-12H2. The summed E-state index contributed by atoms with van der Waals surface area (Å²) in [4.78, 5) is 18.9. The summed E-state index contributed by atoms with van der Waals surface area (Å²) in [6.45, 7) is 0.469. The van der Waals surface area contributed by atoms with Crippen molar-refractivity contribution in [3.8, 4) is 10.6 Å². The summed E-state index contributed by atoms with van der Waals surface area (Å²) < 4.78 is 50.5. The van der Waals surface area contributed by atoms with Crippen molar-refractivity contribution >= 4 is 23.1 Å². The molecule has 0 aliphatic carbocycles. The minimum absolute atomic E-state index is 0.0540. The molecule has 3 aromatic rings. The fraction of sp³-hybridized carbons (Fsp3) is 0.350. The zero-order valence-electron chi connectivity index (χ0n) is 15.8. The first-order valence-electron chi connectivity index (χ1n) is 9.35. The number of halogens is 3. The van der Waals surface area contributed by atoms with Crippen LogP contribution in [0.5, 0.6) is 0 Å². The Morgan fingerprint density at radius 3 is 2.97 bits per heavy atom.